The van der Waals surface area contributed by atoms with E-state index in [4.69, 9.17) is 9.47 Å². The van der Waals surface area contributed by atoms with Crippen LogP contribution in [0, 0.1) is 0 Å². The number of aromatic hydroxyl groups is 1. The zero-order valence-corrected chi connectivity index (χ0v) is 19.8. The molecule has 170 valence electrons. The van der Waals surface area contributed by atoms with Crippen molar-refractivity contribution in [2.45, 2.75) is 32.4 Å². The molecule has 0 saturated carbocycles. The third-order valence-corrected chi connectivity index (χ3v) is 5.70. The Balaban J connectivity index is 2.07. The van der Waals surface area contributed by atoms with Crippen LogP contribution in [0.3, 0.4) is 0 Å². The van der Waals surface area contributed by atoms with E-state index in [1.807, 2.05) is 13.8 Å². The Bertz CT molecular complexity index is 1030. The van der Waals surface area contributed by atoms with Gasteiger partial charge in [-0.3, -0.25) is 9.59 Å². The number of hydrogen-bond acceptors (Lipinski definition) is 6. The summed E-state index contributed by atoms with van der Waals surface area (Å²) in [6.07, 6.45) is 0.579. The maximum absolute atomic E-state index is 13.0. The third-order valence-electron chi connectivity index (χ3n) is 5.17. The van der Waals surface area contributed by atoms with Gasteiger partial charge in [-0.15, -0.1) is 0 Å². The number of hydrogen-bond donors (Lipinski definition) is 2. The van der Waals surface area contributed by atoms with Gasteiger partial charge in [0.25, 0.3) is 11.7 Å². The van der Waals surface area contributed by atoms with Crippen LogP contribution in [0.4, 0.5) is 0 Å². The van der Waals surface area contributed by atoms with Gasteiger partial charge in [0.05, 0.1) is 24.8 Å². The third kappa shape index (κ3) is 4.97. The van der Waals surface area contributed by atoms with Gasteiger partial charge in [-0.05, 0) is 50.1 Å². The normalized spacial score (nSPS) is 17.9. The molecule has 7 nitrogen and oxygen atoms in total. The summed E-state index contributed by atoms with van der Waals surface area (Å²) in [5.74, 6) is -1.56. The molecule has 1 aliphatic heterocycles. The fraction of sp³-hybridized carbons (Fsp3) is 0.333. The number of ketones is 1. The van der Waals surface area contributed by atoms with Crippen molar-refractivity contribution in [2.75, 3.05) is 20.3 Å². The predicted molar refractivity (Wildman–Crippen MR) is 124 cm³/mol. The van der Waals surface area contributed by atoms with Crippen molar-refractivity contribution in [3.05, 3.63) is 63.6 Å². The van der Waals surface area contributed by atoms with E-state index in [1.54, 1.807) is 36.4 Å². The van der Waals surface area contributed by atoms with E-state index in [0.29, 0.717) is 24.2 Å². The number of nitrogens with zero attached hydrogens (tertiary/aromatic N) is 1. The molecule has 1 fully saturated rings. The molecule has 32 heavy (non-hydrogen) atoms. The minimum atomic E-state index is -0.827. The SMILES string of the molecule is COc1cc([C@@H]2C(=C(O)c3ccc(Br)cc3)C(=O)C(=O)N2CCCOC(C)C)ccc1O. The van der Waals surface area contributed by atoms with Crippen molar-refractivity contribution < 1.29 is 29.3 Å². The number of ether oxygens (including phenoxy) is 2. The Morgan fingerprint density at radius 3 is 2.47 bits per heavy atom. The Kier molecular flexibility index (Phi) is 7.58. The number of aliphatic hydroxyl groups excluding tert-OH is 1. The predicted octanol–water partition coefficient (Wildman–Crippen LogP) is 4.40. The van der Waals surface area contributed by atoms with E-state index in [2.05, 4.69) is 15.9 Å². The maximum Gasteiger partial charge on any atom is 0.295 e. The van der Waals surface area contributed by atoms with Crippen LogP contribution < -0.4 is 4.74 Å². The molecule has 3 rings (SSSR count). The van der Waals surface area contributed by atoms with Crippen molar-refractivity contribution in [3.8, 4) is 11.5 Å². The highest BCUT2D eigenvalue weighted by Crippen LogP contribution is 2.41. The van der Waals surface area contributed by atoms with Gasteiger partial charge in [0.15, 0.2) is 11.5 Å². The maximum atomic E-state index is 13.0. The van der Waals surface area contributed by atoms with Gasteiger partial charge >= 0.3 is 0 Å². The summed E-state index contributed by atoms with van der Waals surface area (Å²) in [5.41, 5.74) is 0.960. The Morgan fingerprint density at radius 1 is 1.16 bits per heavy atom. The molecule has 0 bridgehead atoms. The van der Waals surface area contributed by atoms with Crippen LogP contribution in [0.2, 0.25) is 0 Å². The fourth-order valence-corrected chi connectivity index (χ4v) is 3.90. The molecular weight excluding hydrogens is 478 g/mol. The first kappa shape index (κ1) is 23.8. The lowest BCUT2D eigenvalue weighted by molar-refractivity contribution is -0.140. The number of methoxy groups -OCH3 is 1. The molecule has 1 aliphatic rings. The van der Waals surface area contributed by atoms with E-state index in [9.17, 15) is 19.8 Å². The molecule has 0 aromatic heterocycles. The minimum absolute atomic E-state index is 0.00477. The largest absolute Gasteiger partial charge is 0.507 e. The Hall–Kier alpha value is -2.84. The van der Waals surface area contributed by atoms with Gasteiger partial charge in [0, 0.05) is 23.2 Å². The van der Waals surface area contributed by atoms with Gasteiger partial charge < -0.3 is 24.6 Å². The first-order chi connectivity index (χ1) is 15.2. The van der Waals surface area contributed by atoms with Crippen LogP contribution in [-0.4, -0.2) is 53.2 Å². The summed E-state index contributed by atoms with van der Waals surface area (Å²) in [6, 6.07) is 10.6. The highest BCUT2D eigenvalue weighted by Gasteiger charge is 2.46. The van der Waals surface area contributed by atoms with Crippen molar-refractivity contribution in [3.63, 3.8) is 0 Å². The van der Waals surface area contributed by atoms with E-state index in [0.717, 1.165) is 4.47 Å². The lowest BCUT2D eigenvalue weighted by atomic mass is 9.95. The topological polar surface area (TPSA) is 96.3 Å². The molecule has 2 N–H and O–H groups in total. The summed E-state index contributed by atoms with van der Waals surface area (Å²) in [6.45, 7) is 4.54. The van der Waals surface area contributed by atoms with Crippen LogP contribution in [-0.2, 0) is 14.3 Å². The second kappa shape index (κ2) is 10.2. The van der Waals surface area contributed by atoms with E-state index in [1.165, 1.54) is 18.1 Å². The van der Waals surface area contributed by atoms with E-state index >= 15 is 0 Å². The average molecular weight is 504 g/mol. The molecule has 0 spiro atoms. The van der Waals surface area contributed by atoms with Crippen LogP contribution in [0.1, 0.15) is 37.4 Å². The van der Waals surface area contributed by atoms with E-state index < -0.39 is 17.7 Å². The van der Waals surface area contributed by atoms with Gasteiger partial charge in [-0.2, -0.15) is 0 Å². The summed E-state index contributed by atoms with van der Waals surface area (Å²) in [7, 11) is 1.42. The molecule has 2 aromatic rings. The number of Topliss-reactive ketones (excluding diaryl/α,β-unsaturated/α-hetero) is 1. The quantitative estimate of drug-likeness (QED) is 0.240. The molecule has 1 heterocycles. The Labute approximate surface area is 195 Å². The number of likely N-dealkylation sites (tertiary alicyclic amines) is 1. The molecule has 0 aliphatic carbocycles. The molecular formula is C24H26BrNO6. The van der Waals surface area contributed by atoms with Crippen molar-refractivity contribution in [1.29, 1.82) is 0 Å². The molecule has 0 unspecified atom stereocenters. The molecule has 1 amide bonds. The highest BCUT2D eigenvalue weighted by atomic mass is 79.9. The number of benzene rings is 2. The number of halogens is 1. The summed E-state index contributed by atoms with van der Waals surface area (Å²) in [4.78, 5) is 27.4. The standard InChI is InChI=1S/C24H26BrNO6/c1-14(2)32-12-4-11-26-21(16-7-10-18(27)19(13-16)31-3)20(23(29)24(26)30)22(28)15-5-8-17(25)9-6-15/h5-10,13-14,21,27-28H,4,11-12H2,1-3H3/t21-/m1/s1. The zero-order chi connectivity index (χ0) is 23.4. The Morgan fingerprint density at radius 2 is 1.84 bits per heavy atom. The zero-order valence-electron chi connectivity index (χ0n) is 18.2. The van der Waals surface area contributed by atoms with Crippen LogP contribution in [0.25, 0.3) is 5.76 Å². The molecule has 1 atom stereocenters. The second-order valence-corrected chi connectivity index (χ2v) is 8.62. The molecule has 1 saturated heterocycles. The van der Waals surface area contributed by atoms with Crippen LogP contribution in [0.15, 0.2) is 52.5 Å². The fourth-order valence-electron chi connectivity index (χ4n) is 3.64. The number of aliphatic hydroxyl groups is 1. The lowest BCUT2D eigenvalue weighted by Crippen LogP contribution is -2.31. The van der Waals surface area contributed by atoms with Gasteiger partial charge in [-0.1, -0.05) is 34.1 Å². The first-order valence-electron chi connectivity index (χ1n) is 10.3. The minimum Gasteiger partial charge on any atom is -0.507 e. The smallest absolute Gasteiger partial charge is 0.295 e. The number of carbonyl (C=O) groups is 2. The lowest BCUT2D eigenvalue weighted by Gasteiger charge is -2.26. The second-order valence-electron chi connectivity index (χ2n) is 7.70. The highest BCUT2D eigenvalue weighted by molar-refractivity contribution is 9.10. The number of carbonyl (C=O) groups excluding carboxylic acids is 2. The summed E-state index contributed by atoms with van der Waals surface area (Å²) >= 11 is 3.35. The van der Waals surface area contributed by atoms with Gasteiger partial charge in [-0.25, -0.2) is 0 Å². The first-order valence-corrected chi connectivity index (χ1v) is 11.1. The monoisotopic (exact) mass is 503 g/mol. The van der Waals surface area contributed by atoms with Gasteiger partial charge in [0.1, 0.15) is 5.76 Å². The number of phenols is 1. The number of phenolic OH excluding ortho intramolecular Hbond substituents is 1. The average Bonchev–Trinajstić information content (AvgIpc) is 3.02. The molecule has 0 radical (unpaired) electrons. The van der Waals surface area contributed by atoms with Crippen LogP contribution in [0.5, 0.6) is 11.5 Å². The molecule has 2 aromatic carbocycles. The van der Waals surface area contributed by atoms with Crippen molar-refractivity contribution in [2.24, 2.45) is 0 Å². The summed E-state index contributed by atoms with van der Waals surface area (Å²) in [5, 5.41) is 21.0. The molecule has 8 heteroatoms. The number of rotatable bonds is 8. The van der Waals surface area contributed by atoms with Crippen molar-refractivity contribution >= 4 is 33.4 Å². The van der Waals surface area contributed by atoms with Crippen LogP contribution >= 0.6 is 15.9 Å². The van der Waals surface area contributed by atoms with Crippen molar-refractivity contribution in [1.82, 2.24) is 4.90 Å². The number of amides is 1. The summed E-state index contributed by atoms with van der Waals surface area (Å²) < 4.78 is 11.6. The van der Waals surface area contributed by atoms with E-state index in [-0.39, 0.29) is 35.5 Å². The van der Waals surface area contributed by atoms with Gasteiger partial charge in [0.2, 0.25) is 0 Å².